The molecule has 2 heterocycles. The van der Waals surface area contributed by atoms with Gasteiger partial charge < -0.3 is 25.8 Å². The van der Waals surface area contributed by atoms with Gasteiger partial charge in [-0.3, -0.25) is 4.79 Å². The summed E-state index contributed by atoms with van der Waals surface area (Å²) in [6.07, 6.45) is 2.40. The zero-order valence-corrected chi connectivity index (χ0v) is 19.1. The van der Waals surface area contributed by atoms with Crippen LogP contribution in [0.5, 0.6) is 0 Å². The van der Waals surface area contributed by atoms with Crippen molar-refractivity contribution in [2.24, 2.45) is 0 Å². The average Bonchev–Trinajstić information content (AvgIpc) is 3.17. The number of aromatic amines is 1. The van der Waals surface area contributed by atoms with Gasteiger partial charge in [0.15, 0.2) is 5.16 Å². The smallest absolute Gasteiger partial charge is 0.224 e. The number of hydrogen-bond donors (Lipinski definition) is 4. The van der Waals surface area contributed by atoms with Gasteiger partial charge in [0.2, 0.25) is 5.91 Å². The number of anilines is 4. The van der Waals surface area contributed by atoms with E-state index < -0.39 is 0 Å². The largest absolute Gasteiger partial charge is 0.358 e. The fourth-order valence-corrected chi connectivity index (χ4v) is 3.55. The van der Waals surface area contributed by atoms with E-state index in [9.17, 15) is 4.79 Å². The molecular weight excluding hydrogens is 410 g/mol. The van der Waals surface area contributed by atoms with E-state index in [2.05, 4.69) is 30.8 Å². The van der Waals surface area contributed by atoms with Crippen LogP contribution in [-0.4, -0.2) is 48.0 Å². The lowest BCUT2D eigenvalue weighted by molar-refractivity contribution is -0.115. The minimum absolute atomic E-state index is 0.00341. The minimum Gasteiger partial charge on any atom is -0.358 e. The molecule has 8 nitrogen and oxygen atoms in total. The maximum Gasteiger partial charge on any atom is 0.224 e. The SMILES string of the molecule is CCC(=O)Nc1ccc(Sc2nc(Nc3cc(C)c[nH]3)cc(N(C)CCNC)n2)cc1. The summed E-state index contributed by atoms with van der Waals surface area (Å²) in [5, 5.41) is 9.99. The van der Waals surface area contributed by atoms with E-state index in [1.54, 1.807) is 0 Å². The third kappa shape index (κ3) is 6.73. The third-order valence-corrected chi connectivity index (χ3v) is 5.41. The van der Waals surface area contributed by atoms with Crippen LogP contribution in [-0.2, 0) is 4.79 Å². The number of carbonyl (C=O) groups is 1. The fourth-order valence-electron chi connectivity index (χ4n) is 2.79. The first-order valence-corrected chi connectivity index (χ1v) is 11.0. The zero-order chi connectivity index (χ0) is 22.2. The summed E-state index contributed by atoms with van der Waals surface area (Å²) >= 11 is 1.48. The first-order valence-electron chi connectivity index (χ1n) is 10.2. The maximum absolute atomic E-state index is 11.6. The molecule has 1 aromatic carbocycles. The van der Waals surface area contributed by atoms with Crippen LogP contribution in [0.25, 0.3) is 0 Å². The molecule has 1 amide bonds. The lowest BCUT2D eigenvalue weighted by Crippen LogP contribution is -2.28. The lowest BCUT2D eigenvalue weighted by Gasteiger charge is -2.19. The highest BCUT2D eigenvalue weighted by molar-refractivity contribution is 7.99. The van der Waals surface area contributed by atoms with Gasteiger partial charge >= 0.3 is 0 Å². The number of hydrogen-bond acceptors (Lipinski definition) is 7. The third-order valence-electron chi connectivity index (χ3n) is 4.54. The van der Waals surface area contributed by atoms with E-state index >= 15 is 0 Å². The monoisotopic (exact) mass is 439 g/mol. The van der Waals surface area contributed by atoms with Crippen molar-refractivity contribution in [3.05, 3.63) is 48.2 Å². The van der Waals surface area contributed by atoms with E-state index in [4.69, 9.17) is 4.98 Å². The number of benzene rings is 1. The van der Waals surface area contributed by atoms with Gasteiger partial charge in [0.1, 0.15) is 17.5 Å². The Hall–Kier alpha value is -3.04. The number of carbonyl (C=O) groups excluding carboxylic acids is 1. The van der Waals surface area contributed by atoms with Crippen molar-refractivity contribution in [2.75, 3.05) is 42.7 Å². The molecule has 0 spiro atoms. The minimum atomic E-state index is -0.00341. The average molecular weight is 440 g/mol. The van der Waals surface area contributed by atoms with Crippen LogP contribution in [0.3, 0.4) is 0 Å². The van der Waals surface area contributed by atoms with Crippen molar-refractivity contribution in [3.63, 3.8) is 0 Å². The molecule has 0 saturated heterocycles. The summed E-state index contributed by atoms with van der Waals surface area (Å²) in [5.41, 5.74) is 1.93. The molecule has 0 aliphatic rings. The molecule has 2 aromatic heterocycles. The lowest BCUT2D eigenvalue weighted by atomic mass is 10.3. The van der Waals surface area contributed by atoms with Crippen molar-refractivity contribution < 1.29 is 4.79 Å². The maximum atomic E-state index is 11.6. The number of aryl methyl sites for hydroxylation is 1. The summed E-state index contributed by atoms with van der Waals surface area (Å²) in [7, 11) is 3.95. The highest BCUT2D eigenvalue weighted by atomic mass is 32.2. The van der Waals surface area contributed by atoms with E-state index in [0.717, 1.165) is 46.7 Å². The van der Waals surface area contributed by atoms with E-state index in [1.165, 1.54) is 11.8 Å². The Balaban J connectivity index is 1.81. The molecule has 0 unspecified atom stereocenters. The number of likely N-dealkylation sites (N-methyl/N-ethyl adjacent to an activating group) is 2. The fraction of sp³-hybridized carbons (Fsp3) is 0.318. The summed E-state index contributed by atoms with van der Waals surface area (Å²) in [6, 6.07) is 11.7. The van der Waals surface area contributed by atoms with Gasteiger partial charge in [0, 0.05) is 49.4 Å². The first kappa shape index (κ1) is 22.6. The van der Waals surface area contributed by atoms with Crippen molar-refractivity contribution in [1.29, 1.82) is 0 Å². The normalized spacial score (nSPS) is 10.7. The van der Waals surface area contributed by atoms with Crippen molar-refractivity contribution in [1.82, 2.24) is 20.3 Å². The Bertz CT molecular complexity index is 1000. The van der Waals surface area contributed by atoms with Crippen molar-refractivity contribution in [3.8, 4) is 0 Å². The first-order chi connectivity index (χ1) is 15.0. The van der Waals surface area contributed by atoms with Gasteiger partial charge in [-0.2, -0.15) is 0 Å². The molecule has 0 aliphatic carbocycles. The van der Waals surface area contributed by atoms with Crippen molar-refractivity contribution in [2.45, 2.75) is 30.3 Å². The van der Waals surface area contributed by atoms with Gasteiger partial charge in [0.25, 0.3) is 0 Å². The van der Waals surface area contributed by atoms with Gasteiger partial charge in [0.05, 0.1) is 0 Å². The highest BCUT2D eigenvalue weighted by Crippen LogP contribution is 2.29. The molecule has 4 N–H and O–H groups in total. The molecule has 31 heavy (non-hydrogen) atoms. The molecule has 3 rings (SSSR count). The van der Waals surface area contributed by atoms with Crippen LogP contribution in [0.4, 0.5) is 23.1 Å². The van der Waals surface area contributed by atoms with Gasteiger partial charge in [-0.25, -0.2) is 9.97 Å². The second-order valence-electron chi connectivity index (χ2n) is 7.16. The van der Waals surface area contributed by atoms with Crippen LogP contribution in [0.2, 0.25) is 0 Å². The Morgan fingerprint density at radius 1 is 1.19 bits per heavy atom. The standard InChI is InChI=1S/C22H29N7OS/c1-5-21(30)25-16-6-8-17(9-7-16)31-22-27-19(26-18-12-15(2)14-24-18)13-20(28-22)29(4)11-10-23-3/h6-9,12-14,23-24H,5,10-11H2,1-4H3,(H,25,30)(H,26,27,28). The quantitative estimate of drug-likeness (QED) is 0.354. The predicted molar refractivity (Wildman–Crippen MR) is 128 cm³/mol. The molecule has 9 heteroatoms. The number of H-pyrrole nitrogens is 1. The predicted octanol–water partition coefficient (Wildman–Crippen LogP) is 4.01. The zero-order valence-electron chi connectivity index (χ0n) is 18.3. The van der Waals surface area contributed by atoms with E-state index in [-0.39, 0.29) is 5.91 Å². The summed E-state index contributed by atoms with van der Waals surface area (Å²) in [6.45, 7) is 5.54. The molecule has 0 saturated carbocycles. The van der Waals surface area contributed by atoms with Crippen LogP contribution in [0, 0.1) is 6.92 Å². The Labute approximate surface area is 187 Å². The second kappa shape index (κ2) is 10.8. The van der Waals surface area contributed by atoms with Gasteiger partial charge in [-0.1, -0.05) is 6.92 Å². The van der Waals surface area contributed by atoms with Gasteiger partial charge in [-0.05, 0) is 61.6 Å². The van der Waals surface area contributed by atoms with Crippen molar-refractivity contribution >= 4 is 40.8 Å². The molecular formula is C22H29N7OS. The summed E-state index contributed by atoms with van der Waals surface area (Å²) < 4.78 is 0. The number of nitrogens with one attached hydrogen (secondary N) is 4. The molecule has 0 atom stereocenters. The number of aromatic nitrogens is 3. The molecule has 3 aromatic rings. The highest BCUT2D eigenvalue weighted by Gasteiger charge is 2.11. The van der Waals surface area contributed by atoms with E-state index in [0.29, 0.717) is 11.6 Å². The molecule has 0 radical (unpaired) electrons. The molecule has 0 aliphatic heterocycles. The van der Waals surface area contributed by atoms with Crippen LogP contribution < -0.4 is 20.9 Å². The number of amides is 1. The molecule has 164 valence electrons. The Kier molecular flexibility index (Phi) is 7.91. The molecule has 0 bridgehead atoms. The van der Waals surface area contributed by atoms with E-state index in [1.807, 2.05) is 70.5 Å². The summed E-state index contributed by atoms with van der Waals surface area (Å²) in [5.74, 6) is 2.44. The topological polar surface area (TPSA) is 98.0 Å². The Morgan fingerprint density at radius 2 is 1.97 bits per heavy atom. The van der Waals surface area contributed by atoms with Crippen LogP contribution in [0.1, 0.15) is 18.9 Å². The second-order valence-corrected chi connectivity index (χ2v) is 8.20. The Morgan fingerprint density at radius 3 is 2.61 bits per heavy atom. The van der Waals surface area contributed by atoms with Crippen LogP contribution >= 0.6 is 11.8 Å². The number of rotatable bonds is 10. The number of nitrogens with zero attached hydrogens (tertiary/aromatic N) is 3. The van der Waals surface area contributed by atoms with Gasteiger partial charge in [-0.15, -0.1) is 0 Å². The van der Waals surface area contributed by atoms with Crippen LogP contribution in [0.15, 0.2) is 52.6 Å². The summed E-state index contributed by atoms with van der Waals surface area (Å²) in [4.78, 5) is 27.3. The molecule has 0 fully saturated rings.